The molecule has 1 fully saturated rings. The van der Waals surface area contributed by atoms with E-state index in [2.05, 4.69) is 40.4 Å². The third kappa shape index (κ3) is 3.13. The third-order valence-corrected chi connectivity index (χ3v) is 6.46. The molecule has 2 N–H and O–H groups in total. The van der Waals surface area contributed by atoms with Crippen LogP contribution in [0, 0.1) is 11.8 Å². The molecule has 128 valence electrons. The van der Waals surface area contributed by atoms with Crippen LogP contribution in [-0.4, -0.2) is 35.2 Å². The lowest BCUT2D eigenvalue weighted by Crippen LogP contribution is -2.53. The van der Waals surface area contributed by atoms with Crippen molar-refractivity contribution in [1.82, 2.24) is 15.2 Å². The van der Waals surface area contributed by atoms with Gasteiger partial charge in [-0.3, -0.25) is 4.90 Å². The Hall–Kier alpha value is -1.66. The number of aromatic nitrogens is 1. The van der Waals surface area contributed by atoms with Crippen LogP contribution in [0.15, 0.2) is 29.3 Å². The zero-order valence-corrected chi connectivity index (χ0v) is 15.1. The Labute approximate surface area is 147 Å². The van der Waals surface area contributed by atoms with Crippen LogP contribution in [0.2, 0.25) is 0 Å². The van der Waals surface area contributed by atoms with Crippen LogP contribution in [-0.2, 0) is 0 Å². The Balaban J connectivity index is 1.41. The van der Waals surface area contributed by atoms with Crippen molar-refractivity contribution in [1.29, 1.82) is 0 Å². The van der Waals surface area contributed by atoms with Crippen molar-refractivity contribution in [3.8, 4) is 0 Å². The van der Waals surface area contributed by atoms with Gasteiger partial charge >= 0.3 is 0 Å². The molecule has 0 saturated heterocycles. The SMILES string of the molecule is CC1CCCC(N2CN=C(Nc3nc4ccccc4s3)NC2)C1C. The van der Waals surface area contributed by atoms with Gasteiger partial charge in [-0.15, -0.1) is 0 Å². The van der Waals surface area contributed by atoms with Crippen LogP contribution in [0.4, 0.5) is 5.13 Å². The molecule has 2 heterocycles. The summed E-state index contributed by atoms with van der Waals surface area (Å²) in [5, 5.41) is 7.66. The summed E-state index contributed by atoms with van der Waals surface area (Å²) in [7, 11) is 0. The van der Waals surface area contributed by atoms with Crippen molar-refractivity contribution in [3.05, 3.63) is 24.3 Å². The van der Waals surface area contributed by atoms with Crippen LogP contribution in [0.3, 0.4) is 0 Å². The number of benzene rings is 1. The van der Waals surface area contributed by atoms with E-state index in [0.717, 1.165) is 41.8 Å². The Bertz CT molecular complexity index is 707. The van der Waals surface area contributed by atoms with Crippen LogP contribution < -0.4 is 10.6 Å². The minimum Gasteiger partial charge on any atom is -0.343 e. The Kier molecular flexibility index (Phi) is 4.41. The second-order valence-corrected chi connectivity index (χ2v) is 8.05. The summed E-state index contributed by atoms with van der Waals surface area (Å²) in [6.07, 6.45) is 4.00. The molecule has 3 atom stereocenters. The molecule has 1 saturated carbocycles. The van der Waals surface area contributed by atoms with Crippen molar-refractivity contribution in [3.63, 3.8) is 0 Å². The highest BCUT2D eigenvalue weighted by Gasteiger charge is 2.32. The van der Waals surface area contributed by atoms with E-state index < -0.39 is 0 Å². The molecule has 0 bridgehead atoms. The number of aliphatic imine (C=N–C) groups is 1. The number of nitrogens with zero attached hydrogens (tertiary/aromatic N) is 3. The number of hydrogen-bond acceptors (Lipinski definition) is 6. The average molecular weight is 344 g/mol. The lowest BCUT2D eigenvalue weighted by molar-refractivity contribution is 0.0771. The summed E-state index contributed by atoms with van der Waals surface area (Å²) in [4.78, 5) is 11.8. The smallest absolute Gasteiger partial charge is 0.199 e. The Morgan fingerprint density at radius 1 is 1.25 bits per heavy atom. The van der Waals surface area contributed by atoms with Gasteiger partial charge in [0.15, 0.2) is 11.1 Å². The molecule has 5 nitrogen and oxygen atoms in total. The molecule has 0 spiro atoms. The highest BCUT2D eigenvalue weighted by atomic mass is 32.1. The molecule has 3 unspecified atom stereocenters. The summed E-state index contributed by atoms with van der Waals surface area (Å²) in [5.74, 6) is 2.39. The number of hydrogen-bond donors (Lipinski definition) is 2. The van der Waals surface area contributed by atoms with Gasteiger partial charge in [-0.25, -0.2) is 9.98 Å². The second-order valence-electron chi connectivity index (χ2n) is 7.02. The number of guanidine groups is 1. The molecule has 2 aromatic rings. The molecule has 6 heteroatoms. The number of nitrogens with one attached hydrogen (secondary N) is 2. The van der Waals surface area contributed by atoms with Crippen LogP contribution >= 0.6 is 11.3 Å². The lowest BCUT2D eigenvalue weighted by Gasteiger charge is -2.42. The topological polar surface area (TPSA) is 52.5 Å². The van der Waals surface area contributed by atoms with Gasteiger partial charge in [-0.2, -0.15) is 0 Å². The third-order valence-electron chi connectivity index (χ3n) is 5.51. The van der Waals surface area contributed by atoms with E-state index in [1.54, 1.807) is 11.3 Å². The molecular weight excluding hydrogens is 318 g/mol. The van der Waals surface area contributed by atoms with Gasteiger partial charge in [-0.05, 0) is 30.4 Å². The van der Waals surface area contributed by atoms with Crippen molar-refractivity contribution in [2.75, 3.05) is 18.7 Å². The summed E-state index contributed by atoms with van der Waals surface area (Å²) >= 11 is 1.66. The van der Waals surface area contributed by atoms with Gasteiger partial charge in [0.05, 0.1) is 23.6 Å². The largest absolute Gasteiger partial charge is 0.343 e. The molecule has 1 aliphatic carbocycles. The summed E-state index contributed by atoms with van der Waals surface area (Å²) in [5.41, 5.74) is 1.04. The van der Waals surface area contributed by atoms with E-state index in [-0.39, 0.29) is 0 Å². The monoisotopic (exact) mass is 343 g/mol. The van der Waals surface area contributed by atoms with Gasteiger partial charge in [0, 0.05) is 6.04 Å². The van der Waals surface area contributed by atoms with E-state index in [9.17, 15) is 0 Å². The highest BCUT2D eigenvalue weighted by Crippen LogP contribution is 2.33. The van der Waals surface area contributed by atoms with Crippen LogP contribution in [0.1, 0.15) is 33.1 Å². The minimum absolute atomic E-state index is 0.647. The predicted molar refractivity (Wildman–Crippen MR) is 101 cm³/mol. The molecule has 1 aliphatic heterocycles. The zero-order valence-electron chi connectivity index (χ0n) is 14.3. The van der Waals surface area contributed by atoms with Crippen molar-refractivity contribution >= 4 is 32.6 Å². The van der Waals surface area contributed by atoms with E-state index in [1.807, 2.05) is 18.2 Å². The number of anilines is 1. The molecule has 1 aromatic heterocycles. The zero-order chi connectivity index (χ0) is 16.5. The van der Waals surface area contributed by atoms with Crippen molar-refractivity contribution in [2.24, 2.45) is 16.8 Å². The summed E-state index contributed by atoms with van der Waals surface area (Å²) in [6.45, 7) is 6.41. The molecule has 24 heavy (non-hydrogen) atoms. The second kappa shape index (κ2) is 6.69. The molecular formula is C18H25N5S. The molecule has 0 amide bonds. The van der Waals surface area contributed by atoms with Crippen LogP contribution in [0.5, 0.6) is 0 Å². The van der Waals surface area contributed by atoms with Gasteiger partial charge in [0.25, 0.3) is 0 Å². The normalized spacial score (nSPS) is 28.4. The fraction of sp³-hybridized carbons (Fsp3) is 0.556. The minimum atomic E-state index is 0.647. The Morgan fingerprint density at radius 3 is 2.92 bits per heavy atom. The molecule has 1 aromatic carbocycles. The molecule has 0 radical (unpaired) electrons. The lowest BCUT2D eigenvalue weighted by atomic mass is 9.77. The first-order valence-electron chi connectivity index (χ1n) is 8.85. The van der Waals surface area contributed by atoms with E-state index in [4.69, 9.17) is 4.99 Å². The Morgan fingerprint density at radius 2 is 2.12 bits per heavy atom. The molecule has 4 rings (SSSR count). The maximum absolute atomic E-state index is 4.70. The van der Waals surface area contributed by atoms with Gasteiger partial charge in [0.2, 0.25) is 0 Å². The van der Waals surface area contributed by atoms with E-state index >= 15 is 0 Å². The highest BCUT2D eigenvalue weighted by molar-refractivity contribution is 7.22. The molecule has 2 aliphatic rings. The predicted octanol–water partition coefficient (Wildman–Crippen LogP) is 3.71. The number of para-hydroxylation sites is 1. The van der Waals surface area contributed by atoms with Gasteiger partial charge in [0.1, 0.15) is 0 Å². The maximum atomic E-state index is 4.70. The first-order valence-corrected chi connectivity index (χ1v) is 9.67. The standard InChI is InChI=1S/C18H25N5S/c1-12-6-5-8-15(13(12)2)23-10-19-17(20-11-23)22-18-21-14-7-3-4-9-16(14)24-18/h3-4,7,9,12-13,15H,5-6,8,10-11H2,1-2H3,(H2,19,20,21,22). The summed E-state index contributed by atoms with van der Waals surface area (Å²) in [6, 6.07) is 8.86. The van der Waals surface area contributed by atoms with Gasteiger partial charge < -0.3 is 10.6 Å². The first-order chi connectivity index (χ1) is 11.7. The van der Waals surface area contributed by atoms with E-state index in [0.29, 0.717) is 6.04 Å². The fourth-order valence-corrected chi connectivity index (χ4v) is 4.71. The summed E-state index contributed by atoms with van der Waals surface area (Å²) < 4.78 is 1.20. The number of fused-ring (bicyclic) bond motifs is 1. The van der Waals surface area contributed by atoms with Crippen molar-refractivity contribution in [2.45, 2.75) is 39.2 Å². The first kappa shape index (κ1) is 15.8. The average Bonchev–Trinajstić information content (AvgIpc) is 3.00. The number of thiazole rings is 1. The fourth-order valence-electron chi connectivity index (χ4n) is 3.85. The maximum Gasteiger partial charge on any atom is 0.199 e. The van der Waals surface area contributed by atoms with Gasteiger partial charge in [-0.1, -0.05) is 50.2 Å². The van der Waals surface area contributed by atoms with Crippen molar-refractivity contribution < 1.29 is 0 Å². The quantitative estimate of drug-likeness (QED) is 0.873. The van der Waals surface area contributed by atoms with E-state index in [1.165, 1.54) is 24.0 Å². The van der Waals surface area contributed by atoms with Crippen LogP contribution in [0.25, 0.3) is 10.2 Å². The number of rotatable bonds is 2.